The quantitative estimate of drug-likeness (QED) is 0.579. The Morgan fingerprint density at radius 3 is 2.53 bits per heavy atom. The number of nitrogens with zero attached hydrogens (tertiary/aromatic N) is 3. The van der Waals surface area contributed by atoms with E-state index >= 15 is 0 Å². The van der Waals surface area contributed by atoms with Crippen molar-refractivity contribution in [1.29, 1.82) is 0 Å². The number of rotatable bonds is 6. The molecule has 9 heteroatoms. The molecule has 0 aliphatic heterocycles. The van der Waals surface area contributed by atoms with E-state index in [9.17, 15) is 18.4 Å². The van der Waals surface area contributed by atoms with Crippen LogP contribution in [0.1, 0.15) is 28.5 Å². The SMILES string of the molecule is CCOC(=O)N(C)c1ccc(-c2ccc(C(=O)NCc3ccc(F)nc3C)cn2)cc1F. The molecule has 0 aliphatic rings. The lowest BCUT2D eigenvalue weighted by atomic mass is 10.1. The molecule has 1 N–H and O–H groups in total. The summed E-state index contributed by atoms with van der Waals surface area (Å²) in [6.07, 6.45) is 0.732. The summed E-state index contributed by atoms with van der Waals surface area (Å²) < 4.78 is 32.5. The second kappa shape index (κ2) is 9.95. The smallest absolute Gasteiger partial charge is 0.414 e. The average Bonchev–Trinajstić information content (AvgIpc) is 2.78. The van der Waals surface area contributed by atoms with Gasteiger partial charge in [0, 0.05) is 31.0 Å². The molecule has 0 saturated heterocycles. The fraction of sp³-hybridized carbons (Fsp3) is 0.217. The summed E-state index contributed by atoms with van der Waals surface area (Å²) in [6, 6.07) is 10.3. The van der Waals surface area contributed by atoms with E-state index in [1.54, 1.807) is 38.1 Å². The van der Waals surface area contributed by atoms with Crippen molar-refractivity contribution in [2.24, 2.45) is 0 Å². The van der Waals surface area contributed by atoms with Crippen molar-refractivity contribution in [2.45, 2.75) is 20.4 Å². The van der Waals surface area contributed by atoms with Gasteiger partial charge < -0.3 is 10.1 Å². The zero-order chi connectivity index (χ0) is 23.3. The molecule has 3 aromatic rings. The molecule has 0 aliphatic carbocycles. The summed E-state index contributed by atoms with van der Waals surface area (Å²) in [6.45, 7) is 3.71. The fourth-order valence-corrected chi connectivity index (χ4v) is 2.98. The fourth-order valence-electron chi connectivity index (χ4n) is 2.98. The van der Waals surface area contributed by atoms with Crippen molar-refractivity contribution in [3.8, 4) is 11.3 Å². The molecule has 2 heterocycles. The van der Waals surface area contributed by atoms with Gasteiger partial charge in [0.2, 0.25) is 5.95 Å². The molecule has 166 valence electrons. The molecular formula is C23H22F2N4O3. The minimum absolute atomic E-state index is 0.0776. The number of aromatic nitrogens is 2. The Labute approximate surface area is 184 Å². The third kappa shape index (κ3) is 5.23. The largest absolute Gasteiger partial charge is 0.449 e. The first-order valence-electron chi connectivity index (χ1n) is 9.86. The van der Waals surface area contributed by atoms with Crippen molar-refractivity contribution in [3.63, 3.8) is 0 Å². The van der Waals surface area contributed by atoms with Crippen molar-refractivity contribution in [3.05, 3.63) is 77.2 Å². The maximum absolute atomic E-state index is 14.5. The summed E-state index contributed by atoms with van der Waals surface area (Å²) in [5.74, 6) is -1.54. The molecule has 0 unspecified atom stereocenters. The van der Waals surface area contributed by atoms with E-state index in [1.807, 2.05) is 0 Å². The van der Waals surface area contributed by atoms with Crippen LogP contribution < -0.4 is 10.2 Å². The predicted octanol–water partition coefficient (Wildman–Crippen LogP) is 4.25. The molecule has 0 fully saturated rings. The molecule has 2 amide bonds. The Bertz CT molecular complexity index is 1140. The number of hydrogen-bond acceptors (Lipinski definition) is 5. The number of pyridine rings is 2. The van der Waals surface area contributed by atoms with E-state index < -0.39 is 17.9 Å². The van der Waals surface area contributed by atoms with Gasteiger partial charge in [-0.2, -0.15) is 4.39 Å². The zero-order valence-electron chi connectivity index (χ0n) is 17.9. The van der Waals surface area contributed by atoms with Gasteiger partial charge >= 0.3 is 6.09 Å². The number of benzene rings is 1. The van der Waals surface area contributed by atoms with Crippen LogP contribution in [0.4, 0.5) is 19.3 Å². The molecule has 0 saturated carbocycles. The summed E-state index contributed by atoms with van der Waals surface area (Å²) >= 11 is 0. The van der Waals surface area contributed by atoms with Gasteiger partial charge in [0.1, 0.15) is 5.82 Å². The van der Waals surface area contributed by atoms with Crippen LogP contribution in [-0.2, 0) is 11.3 Å². The average molecular weight is 440 g/mol. The van der Waals surface area contributed by atoms with Crippen LogP contribution in [0.5, 0.6) is 0 Å². The Kier molecular flexibility index (Phi) is 7.09. The third-order valence-corrected chi connectivity index (χ3v) is 4.77. The Morgan fingerprint density at radius 2 is 1.91 bits per heavy atom. The molecule has 2 aromatic heterocycles. The monoisotopic (exact) mass is 440 g/mol. The van der Waals surface area contributed by atoms with Crippen LogP contribution in [-0.4, -0.2) is 35.6 Å². The van der Waals surface area contributed by atoms with Gasteiger partial charge in [-0.1, -0.05) is 12.1 Å². The van der Waals surface area contributed by atoms with Crippen LogP contribution in [0, 0.1) is 18.7 Å². The number of ether oxygens (including phenoxy) is 1. The number of hydrogen-bond donors (Lipinski definition) is 1. The van der Waals surface area contributed by atoms with E-state index in [0.717, 1.165) is 4.90 Å². The second-order valence-electron chi connectivity index (χ2n) is 6.92. The highest BCUT2D eigenvalue weighted by Crippen LogP contribution is 2.25. The molecule has 0 spiro atoms. The van der Waals surface area contributed by atoms with Crippen molar-refractivity contribution in [2.75, 3.05) is 18.6 Å². The minimum Gasteiger partial charge on any atom is -0.449 e. The van der Waals surface area contributed by atoms with Crippen molar-refractivity contribution >= 4 is 17.7 Å². The Morgan fingerprint density at radius 1 is 1.12 bits per heavy atom. The molecule has 32 heavy (non-hydrogen) atoms. The molecule has 0 bridgehead atoms. The van der Waals surface area contributed by atoms with Gasteiger partial charge in [-0.05, 0) is 49.7 Å². The molecule has 7 nitrogen and oxygen atoms in total. The highest BCUT2D eigenvalue weighted by atomic mass is 19.1. The van der Waals surface area contributed by atoms with Gasteiger partial charge in [-0.15, -0.1) is 0 Å². The first-order valence-corrected chi connectivity index (χ1v) is 9.86. The van der Waals surface area contributed by atoms with Crippen molar-refractivity contribution in [1.82, 2.24) is 15.3 Å². The number of anilines is 1. The van der Waals surface area contributed by atoms with Crippen LogP contribution in [0.2, 0.25) is 0 Å². The predicted molar refractivity (Wildman–Crippen MR) is 115 cm³/mol. The first kappa shape index (κ1) is 22.8. The highest BCUT2D eigenvalue weighted by molar-refractivity contribution is 5.94. The standard InChI is InChI=1S/C23H22F2N4O3/c1-4-32-23(31)29(3)20-9-6-15(11-18(20)24)19-8-5-17(13-26-19)22(30)27-12-16-7-10-21(25)28-14(16)2/h5-11,13H,4,12H2,1-3H3,(H,27,30). The normalized spacial score (nSPS) is 10.5. The van der Waals surface area contributed by atoms with Crippen LogP contribution in [0.15, 0.2) is 48.7 Å². The number of nitrogens with one attached hydrogen (secondary N) is 1. The maximum Gasteiger partial charge on any atom is 0.414 e. The molecular weight excluding hydrogens is 418 g/mol. The number of carbonyl (C=O) groups is 2. The summed E-state index contributed by atoms with van der Waals surface area (Å²) in [7, 11) is 1.42. The molecule has 0 atom stereocenters. The third-order valence-electron chi connectivity index (χ3n) is 4.77. The number of aryl methyl sites for hydroxylation is 1. The van der Waals surface area contributed by atoms with Gasteiger partial charge in [-0.25, -0.2) is 14.2 Å². The summed E-state index contributed by atoms with van der Waals surface area (Å²) in [5, 5.41) is 2.73. The van der Waals surface area contributed by atoms with Crippen LogP contribution in [0.3, 0.4) is 0 Å². The lowest BCUT2D eigenvalue weighted by molar-refractivity contribution is 0.0950. The van der Waals surface area contributed by atoms with E-state index in [2.05, 4.69) is 15.3 Å². The second-order valence-corrected chi connectivity index (χ2v) is 6.92. The lowest BCUT2D eigenvalue weighted by Crippen LogP contribution is -2.27. The summed E-state index contributed by atoms with van der Waals surface area (Å²) in [4.78, 5) is 33.2. The summed E-state index contributed by atoms with van der Waals surface area (Å²) in [5.41, 5.74) is 2.55. The zero-order valence-corrected chi connectivity index (χ0v) is 17.9. The minimum atomic E-state index is -0.653. The Hall–Kier alpha value is -3.88. The number of carbonyl (C=O) groups excluding carboxylic acids is 2. The van der Waals surface area contributed by atoms with E-state index in [0.29, 0.717) is 28.1 Å². The van der Waals surface area contributed by atoms with E-state index in [1.165, 1.54) is 31.4 Å². The number of amides is 2. The molecule has 3 rings (SSSR count). The van der Waals surface area contributed by atoms with Gasteiger partial charge in [0.05, 0.1) is 23.6 Å². The topological polar surface area (TPSA) is 84.4 Å². The van der Waals surface area contributed by atoms with Gasteiger partial charge in [0.25, 0.3) is 5.91 Å². The Balaban J connectivity index is 1.69. The van der Waals surface area contributed by atoms with E-state index in [4.69, 9.17) is 4.74 Å². The molecule has 1 aromatic carbocycles. The first-order chi connectivity index (χ1) is 15.3. The van der Waals surface area contributed by atoms with Crippen molar-refractivity contribution < 1.29 is 23.1 Å². The van der Waals surface area contributed by atoms with Crippen LogP contribution >= 0.6 is 0 Å². The van der Waals surface area contributed by atoms with E-state index in [-0.39, 0.29) is 24.7 Å². The highest BCUT2D eigenvalue weighted by Gasteiger charge is 2.17. The van der Waals surface area contributed by atoms with Gasteiger partial charge in [-0.3, -0.25) is 14.7 Å². The molecule has 0 radical (unpaired) electrons. The lowest BCUT2D eigenvalue weighted by Gasteiger charge is -2.17. The van der Waals surface area contributed by atoms with Gasteiger partial charge in [0.15, 0.2) is 0 Å². The number of halogens is 2. The maximum atomic E-state index is 14.5. The van der Waals surface area contributed by atoms with Crippen LogP contribution in [0.25, 0.3) is 11.3 Å².